The third kappa shape index (κ3) is 4.98. The fourth-order valence-electron chi connectivity index (χ4n) is 9.50. The van der Waals surface area contributed by atoms with Crippen LogP contribution in [0.2, 0.25) is 0 Å². The molecule has 12 aromatic rings. The van der Waals surface area contributed by atoms with Crippen LogP contribution in [-0.2, 0) is 0 Å². The summed E-state index contributed by atoms with van der Waals surface area (Å²) in [6.07, 6.45) is 1.88. The number of fused-ring (bicyclic) bond motifs is 8. The molecule has 2 aromatic heterocycles. The zero-order valence-corrected chi connectivity index (χ0v) is 32.6. The van der Waals surface area contributed by atoms with E-state index in [9.17, 15) is 0 Å². The van der Waals surface area contributed by atoms with Crippen LogP contribution in [0, 0.1) is 0 Å². The van der Waals surface area contributed by atoms with E-state index in [0.29, 0.717) is 0 Å². The molecule has 0 amide bonds. The Bertz CT molecular complexity index is 3460. The number of rotatable bonds is 4. The molecule has 1 nitrogen and oxygen atoms in total. The normalized spacial score (nSPS) is 11.9. The van der Waals surface area contributed by atoms with E-state index in [4.69, 9.17) is 4.98 Å². The van der Waals surface area contributed by atoms with Gasteiger partial charge in [0.15, 0.2) is 0 Å². The predicted octanol–water partition coefficient (Wildman–Crippen LogP) is 14.9. The van der Waals surface area contributed by atoms with Gasteiger partial charge in [0, 0.05) is 0 Å². The van der Waals surface area contributed by atoms with E-state index in [1.54, 1.807) is 0 Å². The summed E-state index contributed by atoms with van der Waals surface area (Å²) in [7, 11) is 0. The van der Waals surface area contributed by atoms with E-state index in [0.717, 1.165) is 10.9 Å². The van der Waals surface area contributed by atoms with Crippen molar-refractivity contribution >= 4 is 87.8 Å². The van der Waals surface area contributed by atoms with Gasteiger partial charge in [0.2, 0.25) is 0 Å². The van der Waals surface area contributed by atoms with Crippen molar-refractivity contribution in [3.8, 4) is 44.5 Å². The molecule has 0 saturated heterocycles. The van der Waals surface area contributed by atoms with Crippen LogP contribution in [0.15, 0.2) is 200 Å². The van der Waals surface area contributed by atoms with E-state index in [1.807, 2.05) is 12.3 Å². The van der Waals surface area contributed by atoms with Crippen molar-refractivity contribution in [2.24, 2.45) is 0 Å². The van der Waals surface area contributed by atoms with E-state index >= 15 is 0 Å². The summed E-state index contributed by atoms with van der Waals surface area (Å²) in [6, 6.07) is 71.9. The summed E-state index contributed by atoms with van der Waals surface area (Å²) in [6.45, 7) is 0. The van der Waals surface area contributed by atoms with Gasteiger partial charge in [-0.3, -0.25) is 0 Å². The number of benzene rings is 10. The van der Waals surface area contributed by atoms with Crippen LogP contribution in [0.3, 0.4) is 0 Å². The quantitative estimate of drug-likeness (QED) is 0.128. The number of hydrogen-bond donors (Lipinski definition) is 0. The Kier molecular flexibility index (Phi) is 7.32. The van der Waals surface area contributed by atoms with Crippen molar-refractivity contribution in [1.82, 2.24) is 4.98 Å². The second-order valence-electron chi connectivity index (χ2n) is 15.0. The molecule has 0 atom stereocenters. The number of nitrogens with zero attached hydrogens (tertiary/aromatic N) is 1. The zero-order valence-electron chi connectivity index (χ0n) is 30.9. The minimum absolute atomic E-state index is 0.163. The molecule has 264 valence electrons. The molecule has 12 rings (SSSR count). The van der Waals surface area contributed by atoms with Crippen LogP contribution in [0.4, 0.5) is 0 Å². The molecule has 0 radical (unpaired) electrons. The number of pyridine rings is 1. The molecule has 0 saturated carbocycles. The van der Waals surface area contributed by atoms with Gasteiger partial charge in [0.1, 0.15) is 0 Å². The first-order chi connectivity index (χ1) is 28.3. The van der Waals surface area contributed by atoms with Gasteiger partial charge in [-0.1, -0.05) is 0 Å². The van der Waals surface area contributed by atoms with Crippen molar-refractivity contribution in [3.63, 3.8) is 0 Å². The van der Waals surface area contributed by atoms with Gasteiger partial charge in [0.05, 0.1) is 0 Å². The van der Waals surface area contributed by atoms with Crippen LogP contribution < -0.4 is 0 Å². The fraction of sp³-hybridized carbons (Fsp3) is 0. The third-order valence-electron chi connectivity index (χ3n) is 11.9. The molecule has 2 heteroatoms. The van der Waals surface area contributed by atoms with Crippen molar-refractivity contribution in [2.45, 2.75) is 0 Å². The summed E-state index contributed by atoms with van der Waals surface area (Å²) in [5.41, 5.74) is 11.2. The second-order valence-corrected chi connectivity index (χ2v) is 17.2. The summed E-state index contributed by atoms with van der Waals surface area (Å²) in [4.78, 5) is 4.73. The van der Waals surface area contributed by atoms with Gasteiger partial charge in [-0.2, -0.15) is 0 Å². The molecular formula is C55H33NSe. The predicted molar refractivity (Wildman–Crippen MR) is 245 cm³/mol. The van der Waals surface area contributed by atoms with Crippen LogP contribution in [-0.4, -0.2) is 19.5 Å². The van der Waals surface area contributed by atoms with Gasteiger partial charge in [-0.05, 0) is 6.07 Å². The van der Waals surface area contributed by atoms with Crippen molar-refractivity contribution < 1.29 is 0 Å². The Morgan fingerprint density at radius 1 is 0.316 bits per heavy atom. The first-order valence-corrected chi connectivity index (χ1v) is 21.2. The Balaban J connectivity index is 1.11. The average Bonchev–Trinajstić information content (AvgIpc) is 3.66. The molecule has 57 heavy (non-hydrogen) atoms. The van der Waals surface area contributed by atoms with Gasteiger partial charge < -0.3 is 0 Å². The van der Waals surface area contributed by atoms with Crippen molar-refractivity contribution in [1.29, 1.82) is 0 Å². The number of aromatic nitrogens is 1. The first-order valence-electron chi connectivity index (χ1n) is 19.5. The molecule has 0 N–H and O–H groups in total. The Hall–Kier alpha value is -6.83. The summed E-state index contributed by atoms with van der Waals surface area (Å²) in [5.74, 6) is 0. The van der Waals surface area contributed by atoms with Crippen LogP contribution >= 0.6 is 0 Å². The molecule has 2 heterocycles. The van der Waals surface area contributed by atoms with Crippen LogP contribution in [0.5, 0.6) is 0 Å². The van der Waals surface area contributed by atoms with Crippen LogP contribution in [0.25, 0.3) is 118 Å². The maximum absolute atomic E-state index is 4.73. The molecule has 0 aliphatic carbocycles. The molecular weight excluding hydrogens is 754 g/mol. The van der Waals surface area contributed by atoms with E-state index in [-0.39, 0.29) is 14.5 Å². The van der Waals surface area contributed by atoms with Crippen molar-refractivity contribution in [3.05, 3.63) is 200 Å². The molecule has 0 aliphatic rings. The Labute approximate surface area is 335 Å². The fourth-order valence-corrected chi connectivity index (χ4v) is 12.0. The average molecular weight is 787 g/mol. The minimum atomic E-state index is 0.163. The maximum atomic E-state index is 4.73. The first kappa shape index (κ1) is 32.4. The van der Waals surface area contributed by atoms with Gasteiger partial charge in [-0.15, -0.1) is 0 Å². The van der Waals surface area contributed by atoms with Gasteiger partial charge >= 0.3 is 332 Å². The molecule has 10 aromatic carbocycles. The molecule has 0 unspecified atom stereocenters. The molecule has 0 bridgehead atoms. The topological polar surface area (TPSA) is 12.9 Å². The standard InChI is InChI=1S/C55H33NSe/c1-2-14-35(15-3-1)51-38-17-4-6-19-40(38)53(41-20-7-5-18-39(41)51)37-29-30-46-50(33-37)57-49-26-12-25-47(55(46)49)54-44-23-10-8-21-42(44)52(43-22-9-11-24-45(43)54)36-28-27-34-16-13-31-56-48(34)32-36/h1-33H. The Morgan fingerprint density at radius 3 is 1.42 bits per heavy atom. The van der Waals surface area contributed by atoms with E-state index < -0.39 is 0 Å². The third-order valence-corrected chi connectivity index (χ3v) is 14.2. The van der Waals surface area contributed by atoms with Gasteiger partial charge in [0.25, 0.3) is 0 Å². The summed E-state index contributed by atoms with van der Waals surface area (Å²) < 4.78 is 2.88. The zero-order chi connectivity index (χ0) is 37.5. The molecule has 0 fully saturated rings. The van der Waals surface area contributed by atoms with Crippen LogP contribution in [0.1, 0.15) is 0 Å². The molecule has 0 spiro atoms. The summed E-state index contributed by atoms with van der Waals surface area (Å²) in [5, 5.41) is 14.1. The molecule has 0 aliphatic heterocycles. The van der Waals surface area contributed by atoms with Gasteiger partial charge in [-0.25, -0.2) is 0 Å². The van der Waals surface area contributed by atoms with E-state index in [1.165, 1.54) is 107 Å². The Morgan fingerprint density at radius 2 is 0.825 bits per heavy atom. The second kappa shape index (κ2) is 12.9. The van der Waals surface area contributed by atoms with E-state index in [2.05, 4.69) is 188 Å². The summed E-state index contributed by atoms with van der Waals surface area (Å²) >= 11 is 0.163. The SMILES string of the molecule is c1ccc(-c2c3ccccc3c(-c3ccc4c(c3)[se]c3cccc(-c5c6ccccc6c(-c6ccc7cccnc7c6)c6ccccc56)c34)c3ccccc23)cc1. The number of hydrogen-bond acceptors (Lipinski definition) is 1. The monoisotopic (exact) mass is 787 g/mol. The van der Waals surface area contributed by atoms with Crippen molar-refractivity contribution in [2.75, 3.05) is 0 Å².